The SMILES string of the molecule is Cc1ccc2nc(N3CCS(=O)(=O)c4ccccc4C3)cc(N3C[C@@H]4[C@@H](N)[C@@H]4C3)c2c1. The smallest absolute Gasteiger partial charge is 0.180 e. The first-order valence-corrected chi connectivity index (χ1v) is 12.5. The molecule has 2 aliphatic heterocycles. The van der Waals surface area contributed by atoms with Crippen LogP contribution in [0.15, 0.2) is 53.4 Å². The minimum Gasteiger partial charge on any atom is -0.370 e. The summed E-state index contributed by atoms with van der Waals surface area (Å²) < 4.78 is 25.6. The average Bonchev–Trinajstić information content (AvgIpc) is 3.18. The van der Waals surface area contributed by atoms with E-state index >= 15 is 0 Å². The Balaban J connectivity index is 1.44. The topological polar surface area (TPSA) is 79.5 Å². The van der Waals surface area contributed by atoms with Crippen LogP contribution in [0.5, 0.6) is 0 Å². The molecule has 3 atom stereocenters. The predicted octanol–water partition coefficient (Wildman–Crippen LogP) is 2.73. The molecule has 0 bridgehead atoms. The highest BCUT2D eigenvalue weighted by atomic mass is 32.2. The van der Waals surface area contributed by atoms with Crippen LogP contribution in [0.3, 0.4) is 0 Å². The van der Waals surface area contributed by atoms with Gasteiger partial charge in [0, 0.05) is 49.4 Å². The average molecular weight is 435 g/mol. The molecular weight excluding hydrogens is 408 g/mol. The molecule has 1 saturated carbocycles. The molecular formula is C24H26N4O2S. The summed E-state index contributed by atoms with van der Waals surface area (Å²) in [6.07, 6.45) is 0. The third-order valence-corrected chi connectivity index (χ3v) is 8.94. The fraction of sp³-hybridized carbons (Fsp3) is 0.375. The second-order valence-electron chi connectivity index (χ2n) is 9.18. The molecule has 2 fully saturated rings. The molecule has 3 aromatic rings. The van der Waals surface area contributed by atoms with Crippen molar-refractivity contribution < 1.29 is 8.42 Å². The van der Waals surface area contributed by atoms with E-state index in [1.54, 1.807) is 12.1 Å². The van der Waals surface area contributed by atoms with Crippen molar-refractivity contribution in [2.24, 2.45) is 17.6 Å². The molecule has 3 aliphatic rings. The van der Waals surface area contributed by atoms with Crippen molar-refractivity contribution in [3.8, 4) is 0 Å². The number of aryl methyl sites for hydroxylation is 1. The fourth-order valence-corrected chi connectivity index (χ4v) is 6.76. The molecule has 1 aromatic heterocycles. The Kier molecular flexibility index (Phi) is 4.11. The molecule has 0 unspecified atom stereocenters. The van der Waals surface area contributed by atoms with Crippen molar-refractivity contribution in [3.63, 3.8) is 0 Å². The molecule has 1 aliphatic carbocycles. The van der Waals surface area contributed by atoms with Crippen LogP contribution >= 0.6 is 0 Å². The number of aromatic nitrogens is 1. The lowest BCUT2D eigenvalue weighted by molar-refractivity contribution is 0.596. The van der Waals surface area contributed by atoms with Gasteiger partial charge in [0.2, 0.25) is 0 Å². The normalized spacial score (nSPS) is 26.5. The van der Waals surface area contributed by atoms with Gasteiger partial charge in [-0.25, -0.2) is 13.4 Å². The summed E-state index contributed by atoms with van der Waals surface area (Å²) in [5, 5.41) is 1.15. The summed E-state index contributed by atoms with van der Waals surface area (Å²) in [5.74, 6) is 2.11. The Morgan fingerprint density at radius 2 is 1.81 bits per heavy atom. The van der Waals surface area contributed by atoms with Crippen LogP contribution in [0.4, 0.5) is 11.5 Å². The molecule has 0 spiro atoms. The molecule has 160 valence electrons. The predicted molar refractivity (Wildman–Crippen MR) is 123 cm³/mol. The zero-order valence-electron chi connectivity index (χ0n) is 17.5. The third-order valence-electron chi connectivity index (χ3n) is 7.15. The molecule has 0 amide bonds. The number of pyridine rings is 1. The summed E-state index contributed by atoms with van der Waals surface area (Å²) in [5.41, 5.74) is 10.4. The number of piperidine rings is 1. The highest BCUT2D eigenvalue weighted by Crippen LogP contribution is 2.47. The molecule has 3 heterocycles. The number of fused-ring (bicyclic) bond motifs is 3. The lowest BCUT2D eigenvalue weighted by Crippen LogP contribution is -2.30. The van der Waals surface area contributed by atoms with E-state index in [-0.39, 0.29) is 5.75 Å². The summed E-state index contributed by atoms with van der Waals surface area (Å²) in [4.78, 5) is 9.95. The maximum atomic E-state index is 12.8. The molecule has 2 aromatic carbocycles. The van der Waals surface area contributed by atoms with Crippen LogP contribution in [0.25, 0.3) is 10.9 Å². The Bertz CT molecular complexity index is 1290. The number of hydrogen-bond acceptors (Lipinski definition) is 6. The van der Waals surface area contributed by atoms with Gasteiger partial charge in [0.05, 0.1) is 16.2 Å². The number of anilines is 2. The van der Waals surface area contributed by atoms with Crippen LogP contribution < -0.4 is 15.5 Å². The largest absolute Gasteiger partial charge is 0.370 e. The summed E-state index contributed by atoms with van der Waals surface area (Å²) in [6, 6.07) is 16.2. The van der Waals surface area contributed by atoms with Gasteiger partial charge in [-0.3, -0.25) is 0 Å². The van der Waals surface area contributed by atoms with Gasteiger partial charge < -0.3 is 15.5 Å². The van der Waals surface area contributed by atoms with Gasteiger partial charge in [0.15, 0.2) is 9.84 Å². The maximum Gasteiger partial charge on any atom is 0.180 e. The number of nitrogens with two attached hydrogens (primary N) is 1. The van der Waals surface area contributed by atoms with Crippen LogP contribution in [0, 0.1) is 18.8 Å². The summed E-state index contributed by atoms with van der Waals surface area (Å²) >= 11 is 0. The number of nitrogens with zero attached hydrogens (tertiary/aromatic N) is 3. The van der Waals surface area contributed by atoms with E-state index in [1.165, 1.54) is 11.3 Å². The summed E-state index contributed by atoms with van der Waals surface area (Å²) in [7, 11) is -3.29. The van der Waals surface area contributed by atoms with Gasteiger partial charge in [-0.2, -0.15) is 0 Å². The Morgan fingerprint density at radius 1 is 1.03 bits per heavy atom. The second kappa shape index (κ2) is 6.68. The first-order valence-electron chi connectivity index (χ1n) is 10.9. The standard InChI is InChI=1S/C24H26N4O2S/c1-15-6-7-20-17(10-15)21(28-13-18-19(14-28)24(18)25)11-23(26-20)27-8-9-31(29,30)22-5-3-2-4-16(22)12-27/h2-7,10-11,18-19,24H,8-9,12-14,25H2,1H3/t18-,19+,24+. The third kappa shape index (κ3) is 3.10. The van der Waals surface area contributed by atoms with E-state index in [0.29, 0.717) is 35.9 Å². The Labute approximate surface area is 182 Å². The molecule has 0 radical (unpaired) electrons. The Hall–Kier alpha value is -2.64. The Morgan fingerprint density at radius 3 is 2.61 bits per heavy atom. The van der Waals surface area contributed by atoms with E-state index in [4.69, 9.17) is 10.7 Å². The lowest BCUT2D eigenvalue weighted by atomic mass is 10.1. The van der Waals surface area contributed by atoms with Gasteiger partial charge in [0.1, 0.15) is 5.82 Å². The van der Waals surface area contributed by atoms with Crippen LogP contribution in [-0.2, 0) is 16.4 Å². The minimum absolute atomic E-state index is 0.0929. The number of hydrogen-bond donors (Lipinski definition) is 1. The van der Waals surface area contributed by atoms with E-state index in [0.717, 1.165) is 35.4 Å². The van der Waals surface area contributed by atoms with Gasteiger partial charge in [-0.05, 0) is 42.5 Å². The zero-order valence-corrected chi connectivity index (χ0v) is 18.3. The summed E-state index contributed by atoms with van der Waals surface area (Å²) in [6.45, 7) is 5.03. The number of rotatable bonds is 2. The molecule has 2 N–H and O–H groups in total. The van der Waals surface area contributed by atoms with Gasteiger partial charge >= 0.3 is 0 Å². The highest BCUT2D eigenvalue weighted by Gasteiger charge is 2.53. The van der Waals surface area contributed by atoms with E-state index in [2.05, 4.69) is 41.0 Å². The van der Waals surface area contributed by atoms with Crippen molar-refractivity contribution in [1.29, 1.82) is 0 Å². The quantitative estimate of drug-likeness (QED) is 0.668. The van der Waals surface area contributed by atoms with Crippen molar-refractivity contribution in [1.82, 2.24) is 4.98 Å². The van der Waals surface area contributed by atoms with Crippen molar-refractivity contribution in [2.75, 3.05) is 35.2 Å². The van der Waals surface area contributed by atoms with Crippen molar-refractivity contribution in [3.05, 3.63) is 59.7 Å². The molecule has 1 saturated heterocycles. The fourth-order valence-electron chi connectivity index (χ4n) is 5.26. The molecule has 6 rings (SSSR count). The van der Waals surface area contributed by atoms with Crippen LogP contribution in [-0.4, -0.2) is 44.8 Å². The molecule has 31 heavy (non-hydrogen) atoms. The van der Waals surface area contributed by atoms with E-state index in [1.807, 2.05) is 12.1 Å². The van der Waals surface area contributed by atoms with Gasteiger partial charge in [-0.15, -0.1) is 0 Å². The van der Waals surface area contributed by atoms with E-state index in [9.17, 15) is 8.42 Å². The van der Waals surface area contributed by atoms with Crippen molar-refractivity contribution in [2.45, 2.75) is 24.4 Å². The van der Waals surface area contributed by atoms with Crippen molar-refractivity contribution >= 4 is 32.2 Å². The van der Waals surface area contributed by atoms with Crippen LogP contribution in [0.2, 0.25) is 0 Å². The monoisotopic (exact) mass is 434 g/mol. The lowest BCUT2D eigenvalue weighted by Gasteiger charge is -2.27. The number of sulfone groups is 1. The van der Waals surface area contributed by atoms with Gasteiger partial charge in [0.25, 0.3) is 0 Å². The second-order valence-corrected chi connectivity index (χ2v) is 11.3. The first-order chi connectivity index (χ1) is 14.9. The molecule has 6 nitrogen and oxygen atoms in total. The minimum atomic E-state index is -3.29. The highest BCUT2D eigenvalue weighted by molar-refractivity contribution is 7.91. The number of benzene rings is 2. The van der Waals surface area contributed by atoms with E-state index < -0.39 is 9.84 Å². The first kappa shape index (κ1) is 19.1. The van der Waals surface area contributed by atoms with Crippen LogP contribution in [0.1, 0.15) is 11.1 Å². The van der Waals surface area contributed by atoms with Gasteiger partial charge in [-0.1, -0.05) is 29.8 Å². The molecule has 7 heteroatoms. The maximum absolute atomic E-state index is 12.8. The zero-order chi connectivity index (χ0) is 21.3.